The molecule has 0 saturated carbocycles. The van der Waals surface area contributed by atoms with E-state index in [1.165, 1.54) is 19.2 Å². The van der Waals surface area contributed by atoms with Crippen LogP contribution >= 0.6 is 10.7 Å². The summed E-state index contributed by atoms with van der Waals surface area (Å²) in [6, 6.07) is 12.4. The number of ether oxygens (including phenoxy) is 1. The zero-order valence-corrected chi connectivity index (χ0v) is 12.1. The van der Waals surface area contributed by atoms with E-state index < -0.39 is 9.05 Å². The van der Waals surface area contributed by atoms with Crippen molar-refractivity contribution in [2.24, 2.45) is 0 Å². The van der Waals surface area contributed by atoms with E-state index in [-0.39, 0.29) is 4.90 Å². The van der Waals surface area contributed by atoms with Gasteiger partial charge in [0.25, 0.3) is 9.05 Å². The van der Waals surface area contributed by atoms with Gasteiger partial charge in [0.2, 0.25) is 0 Å². The van der Waals surface area contributed by atoms with Gasteiger partial charge in [-0.25, -0.2) is 8.42 Å². The average molecular weight is 297 g/mol. The second-order valence-corrected chi connectivity index (χ2v) is 6.68. The van der Waals surface area contributed by atoms with Gasteiger partial charge in [-0.3, -0.25) is 0 Å². The summed E-state index contributed by atoms with van der Waals surface area (Å²) in [6.07, 6.45) is 0. The minimum absolute atomic E-state index is 0.0309. The summed E-state index contributed by atoms with van der Waals surface area (Å²) in [4.78, 5) is 0.0309. The van der Waals surface area contributed by atoms with Crippen LogP contribution < -0.4 is 4.74 Å². The van der Waals surface area contributed by atoms with Crippen molar-refractivity contribution >= 4 is 19.7 Å². The lowest BCUT2D eigenvalue weighted by Crippen LogP contribution is -1.95. The second kappa shape index (κ2) is 5.23. The van der Waals surface area contributed by atoms with Crippen LogP contribution in [-0.4, -0.2) is 15.5 Å². The largest absolute Gasteiger partial charge is 0.496 e. The summed E-state index contributed by atoms with van der Waals surface area (Å²) in [5.41, 5.74) is 2.92. The van der Waals surface area contributed by atoms with Crippen LogP contribution in [0.2, 0.25) is 0 Å². The van der Waals surface area contributed by atoms with Crippen LogP contribution in [0.1, 0.15) is 5.56 Å². The van der Waals surface area contributed by atoms with Gasteiger partial charge in [0.15, 0.2) is 0 Å². The minimum atomic E-state index is -3.75. The van der Waals surface area contributed by atoms with Crippen LogP contribution in [0.3, 0.4) is 0 Å². The maximum atomic E-state index is 11.3. The van der Waals surface area contributed by atoms with Crippen molar-refractivity contribution in [1.29, 1.82) is 0 Å². The molecule has 0 unspecified atom stereocenters. The molecule has 2 rings (SSSR count). The Hall–Kier alpha value is -1.52. The summed E-state index contributed by atoms with van der Waals surface area (Å²) >= 11 is 0. The van der Waals surface area contributed by atoms with Gasteiger partial charge in [0.05, 0.1) is 12.0 Å². The number of rotatable bonds is 3. The zero-order valence-electron chi connectivity index (χ0n) is 10.6. The molecule has 0 aromatic heterocycles. The van der Waals surface area contributed by atoms with E-state index in [1.54, 1.807) is 6.07 Å². The van der Waals surface area contributed by atoms with Crippen LogP contribution in [0.5, 0.6) is 5.75 Å². The first-order chi connectivity index (χ1) is 8.93. The van der Waals surface area contributed by atoms with E-state index in [0.29, 0.717) is 5.75 Å². The fourth-order valence-corrected chi connectivity index (χ4v) is 2.69. The molecule has 0 N–H and O–H groups in total. The predicted octanol–water partition coefficient (Wildman–Crippen LogP) is 3.60. The quantitative estimate of drug-likeness (QED) is 0.813. The lowest BCUT2D eigenvalue weighted by molar-refractivity contribution is 0.415. The molecule has 2 aromatic rings. The molecule has 0 saturated heterocycles. The number of aryl methyl sites for hydroxylation is 1. The Morgan fingerprint density at radius 1 is 1.05 bits per heavy atom. The van der Waals surface area contributed by atoms with Crippen molar-refractivity contribution in [3.8, 4) is 16.9 Å². The number of benzene rings is 2. The molecule has 3 nitrogen and oxygen atoms in total. The number of hydrogen-bond donors (Lipinski definition) is 0. The molecular formula is C14H13ClO3S. The standard InChI is InChI=1S/C14H13ClO3S/c1-10-5-3-4-6-12(10)13-8-7-11(19(15,16)17)9-14(13)18-2/h3-9H,1-2H3. The van der Waals surface area contributed by atoms with Gasteiger partial charge in [-0.1, -0.05) is 24.3 Å². The van der Waals surface area contributed by atoms with Crippen molar-refractivity contribution in [2.75, 3.05) is 7.11 Å². The van der Waals surface area contributed by atoms with Gasteiger partial charge in [0, 0.05) is 22.3 Å². The summed E-state index contributed by atoms with van der Waals surface area (Å²) in [6.45, 7) is 1.99. The molecule has 0 fully saturated rings. The monoisotopic (exact) mass is 296 g/mol. The molecule has 0 atom stereocenters. The third-order valence-corrected chi connectivity index (χ3v) is 4.24. The molecule has 5 heteroatoms. The van der Waals surface area contributed by atoms with Crippen molar-refractivity contribution in [3.05, 3.63) is 48.0 Å². The first-order valence-corrected chi connectivity index (χ1v) is 7.93. The normalized spacial score (nSPS) is 11.3. The van der Waals surface area contributed by atoms with Crippen molar-refractivity contribution in [1.82, 2.24) is 0 Å². The Labute approximate surface area is 117 Å². The Balaban J connectivity index is 2.64. The molecule has 0 aliphatic rings. The third-order valence-electron chi connectivity index (χ3n) is 2.89. The molecule has 2 aromatic carbocycles. The van der Waals surface area contributed by atoms with Crippen LogP contribution in [0, 0.1) is 6.92 Å². The summed E-state index contributed by atoms with van der Waals surface area (Å²) in [5.74, 6) is 0.482. The molecule has 0 aliphatic heterocycles. The van der Waals surface area contributed by atoms with Gasteiger partial charge in [0.1, 0.15) is 5.75 Å². The Morgan fingerprint density at radius 2 is 1.74 bits per heavy atom. The number of halogens is 1. The van der Waals surface area contributed by atoms with Crippen LogP contribution in [0.4, 0.5) is 0 Å². The van der Waals surface area contributed by atoms with Gasteiger partial charge < -0.3 is 4.74 Å². The van der Waals surface area contributed by atoms with Crippen molar-refractivity contribution in [3.63, 3.8) is 0 Å². The van der Waals surface area contributed by atoms with Crippen molar-refractivity contribution in [2.45, 2.75) is 11.8 Å². The first-order valence-electron chi connectivity index (χ1n) is 5.62. The molecule has 0 aliphatic carbocycles. The molecule has 0 spiro atoms. The molecule has 19 heavy (non-hydrogen) atoms. The van der Waals surface area contributed by atoms with Gasteiger partial charge in [-0.05, 0) is 30.2 Å². The smallest absolute Gasteiger partial charge is 0.261 e. The van der Waals surface area contributed by atoms with E-state index in [2.05, 4.69) is 0 Å². The van der Waals surface area contributed by atoms with Crippen LogP contribution in [-0.2, 0) is 9.05 Å². The SMILES string of the molecule is COc1cc(S(=O)(=O)Cl)ccc1-c1ccccc1C. The van der Waals surface area contributed by atoms with E-state index in [9.17, 15) is 8.42 Å². The zero-order chi connectivity index (χ0) is 14.0. The average Bonchev–Trinajstić information content (AvgIpc) is 2.37. The van der Waals surface area contributed by atoms with Crippen LogP contribution in [0.25, 0.3) is 11.1 Å². The van der Waals surface area contributed by atoms with Gasteiger partial charge in [-0.2, -0.15) is 0 Å². The summed E-state index contributed by atoms with van der Waals surface area (Å²) < 4.78 is 27.9. The van der Waals surface area contributed by atoms with E-state index >= 15 is 0 Å². The number of methoxy groups -OCH3 is 1. The molecule has 0 radical (unpaired) electrons. The maximum absolute atomic E-state index is 11.3. The fraction of sp³-hybridized carbons (Fsp3) is 0.143. The first kappa shape index (κ1) is 13.9. The lowest BCUT2D eigenvalue weighted by atomic mass is 10.00. The molecule has 0 heterocycles. The van der Waals surface area contributed by atoms with E-state index in [4.69, 9.17) is 15.4 Å². The van der Waals surface area contributed by atoms with Gasteiger partial charge >= 0.3 is 0 Å². The highest BCUT2D eigenvalue weighted by atomic mass is 35.7. The highest BCUT2D eigenvalue weighted by Crippen LogP contribution is 2.34. The molecule has 100 valence electrons. The fourth-order valence-electron chi connectivity index (χ4n) is 1.92. The topological polar surface area (TPSA) is 43.4 Å². The highest BCUT2D eigenvalue weighted by molar-refractivity contribution is 8.13. The highest BCUT2D eigenvalue weighted by Gasteiger charge is 2.15. The minimum Gasteiger partial charge on any atom is -0.496 e. The third kappa shape index (κ3) is 2.91. The van der Waals surface area contributed by atoms with Gasteiger partial charge in [-0.15, -0.1) is 0 Å². The number of hydrogen-bond acceptors (Lipinski definition) is 3. The summed E-state index contributed by atoms with van der Waals surface area (Å²) in [7, 11) is 3.08. The Kier molecular flexibility index (Phi) is 3.83. The van der Waals surface area contributed by atoms with Crippen LogP contribution in [0.15, 0.2) is 47.4 Å². The molecular weight excluding hydrogens is 284 g/mol. The lowest BCUT2D eigenvalue weighted by Gasteiger charge is -2.12. The maximum Gasteiger partial charge on any atom is 0.261 e. The van der Waals surface area contributed by atoms with E-state index in [1.807, 2.05) is 31.2 Å². The Morgan fingerprint density at radius 3 is 2.32 bits per heavy atom. The summed E-state index contributed by atoms with van der Waals surface area (Å²) in [5, 5.41) is 0. The Bertz CT molecular complexity index is 708. The van der Waals surface area contributed by atoms with Crippen molar-refractivity contribution < 1.29 is 13.2 Å². The predicted molar refractivity (Wildman–Crippen MR) is 76.2 cm³/mol. The van der Waals surface area contributed by atoms with E-state index in [0.717, 1.165) is 16.7 Å². The second-order valence-electron chi connectivity index (χ2n) is 4.11. The molecule has 0 amide bonds. The molecule has 0 bridgehead atoms.